The lowest BCUT2D eigenvalue weighted by Gasteiger charge is -2.38. The maximum Gasteiger partial charge on any atom is 0.229 e. The van der Waals surface area contributed by atoms with Crippen molar-refractivity contribution in [2.45, 2.75) is 6.42 Å². The molecule has 1 amide bonds. The third kappa shape index (κ3) is 2.94. The van der Waals surface area contributed by atoms with E-state index in [9.17, 15) is 4.79 Å². The molecule has 1 atom stereocenters. The Morgan fingerprint density at radius 2 is 1.79 bits per heavy atom. The smallest absolute Gasteiger partial charge is 0.229 e. The van der Waals surface area contributed by atoms with Gasteiger partial charge in [-0.2, -0.15) is 0 Å². The summed E-state index contributed by atoms with van der Waals surface area (Å²) in [5.41, 5.74) is 2.31. The number of ether oxygens (including phenoxy) is 1. The van der Waals surface area contributed by atoms with E-state index in [1.165, 1.54) is 5.69 Å². The first kappa shape index (κ1) is 15.0. The number of nitrogens with zero attached hydrogens (tertiary/aromatic N) is 3. The third-order valence-corrected chi connectivity index (χ3v) is 4.85. The van der Waals surface area contributed by atoms with Gasteiger partial charge in [-0.05, 0) is 30.2 Å². The number of piperazine rings is 1. The van der Waals surface area contributed by atoms with E-state index in [1.54, 1.807) is 0 Å². The Morgan fingerprint density at radius 3 is 2.58 bits per heavy atom. The number of fused-ring (bicyclic) bond motifs is 1. The molecule has 5 nitrogen and oxygen atoms in total. The molecule has 1 aromatic heterocycles. The van der Waals surface area contributed by atoms with Gasteiger partial charge in [0.25, 0.3) is 0 Å². The maximum absolute atomic E-state index is 12.8. The Hall–Kier alpha value is -2.56. The molecule has 0 bridgehead atoms. The fourth-order valence-electron chi connectivity index (χ4n) is 3.48. The average Bonchev–Trinajstić information content (AvgIpc) is 2.68. The van der Waals surface area contributed by atoms with Gasteiger partial charge in [0.05, 0.1) is 5.92 Å². The molecular formula is C19H21N3O2. The number of aromatic nitrogens is 1. The lowest BCUT2D eigenvalue weighted by Crippen LogP contribution is -2.51. The van der Waals surface area contributed by atoms with Crippen LogP contribution >= 0.6 is 0 Å². The van der Waals surface area contributed by atoms with Crippen LogP contribution in [-0.2, 0) is 11.2 Å². The van der Waals surface area contributed by atoms with Crippen LogP contribution in [0.4, 0.5) is 5.69 Å². The minimum absolute atomic E-state index is 0.0626. The number of anilines is 1. The van der Waals surface area contributed by atoms with Crippen molar-refractivity contribution >= 4 is 11.6 Å². The second-order valence-corrected chi connectivity index (χ2v) is 6.34. The van der Waals surface area contributed by atoms with Crippen LogP contribution in [-0.4, -0.2) is 48.6 Å². The average molecular weight is 323 g/mol. The number of pyridine rings is 1. The minimum atomic E-state index is -0.0626. The summed E-state index contributed by atoms with van der Waals surface area (Å²) >= 11 is 0. The van der Waals surface area contributed by atoms with Gasteiger partial charge in [-0.15, -0.1) is 0 Å². The SMILES string of the molecule is O=C([C@@H]1COc2ccccc2C1)N1CCN(c2ccncc2)CC1. The number of hydrogen-bond acceptors (Lipinski definition) is 4. The molecule has 2 aliphatic heterocycles. The predicted molar refractivity (Wildman–Crippen MR) is 92.2 cm³/mol. The zero-order valence-electron chi connectivity index (χ0n) is 13.6. The molecule has 2 aliphatic rings. The van der Waals surface area contributed by atoms with Gasteiger partial charge in [0, 0.05) is 44.3 Å². The Balaban J connectivity index is 1.37. The number of carbonyl (C=O) groups excluding carboxylic acids is 1. The van der Waals surface area contributed by atoms with Gasteiger partial charge < -0.3 is 14.5 Å². The van der Waals surface area contributed by atoms with Crippen molar-refractivity contribution in [3.63, 3.8) is 0 Å². The molecule has 1 fully saturated rings. The van der Waals surface area contributed by atoms with Crippen LogP contribution in [0.1, 0.15) is 5.56 Å². The van der Waals surface area contributed by atoms with Crippen molar-refractivity contribution in [1.29, 1.82) is 0 Å². The molecule has 0 saturated carbocycles. The lowest BCUT2D eigenvalue weighted by atomic mass is 9.95. The molecule has 0 spiro atoms. The molecule has 0 radical (unpaired) electrons. The topological polar surface area (TPSA) is 45.7 Å². The second kappa shape index (κ2) is 6.51. The summed E-state index contributed by atoms with van der Waals surface area (Å²) in [5.74, 6) is 1.08. The highest BCUT2D eigenvalue weighted by Gasteiger charge is 2.31. The highest BCUT2D eigenvalue weighted by atomic mass is 16.5. The van der Waals surface area contributed by atoms with Crippen LogP contribution < -0.4 is 9.64 Å². The molecule has 3 heterocycles. The minimum Gasteiger partial charge on any atom is -0.492 e. The number of hydrogen-bond donors (Lipinski definition) is 0. The number of benzene rings is 1. The normalized spacial score (nSPS) is 20.2. The molecule has 1 aromatic carbocycles. The molecule has 124 valence electrons. The van der Waals surface area contributed by atoms with Crippen LogP contribution in [0.15, 0.2) is 48.8 Å². The summed E-state index contributed by atoms with van der Waals surface area (Å²) in [6, 6.07) is 12.0. The van der Waals surface area contributed by atoms with E-state index < -0.39 is 0 Å². The Kier molecular flexibility index (Phi) is 4.07. The summed E-state index contributed by atoms with van der Waals surface area (Å²) in [7, 11) is 0. The first-order valence-electron chi connectivity index (χ1n) is 8.46. The predicted octanol–water partition coefficient (Wildman–Crippen LogP) is 1.98. The Morgan fingerprint density at radius 1 is 1.04 bits per heavy atom. The largest absolute Gasteiger partial charge is 0.492 e. The molecular weight excluding hydrogens is 302 g/mol. The summed E-state index contributed by atoms with van der Waals surface area (Å²) in [6.07, 6.45) is 4.40. The summed E-state index contributed by atoms with van der Waals surface area (Å²) in [4.78, 5) is 21.2. The van der Waals surface area contributed by atoms with E-state index in [0.29, 0.717) is 6.61 Å². The third-order valence-electron chi connectivity index (χ3n) is 4.85. The monoisotopic (exact) mass is 323 g/mol. The van der Waals surface area contributed by atoms with E-state index in [4.69, 9.17) is 4.74 Å². The number of carbonyl (C=O) groups is 1. The maximum atomic E-state index is 12.8. The van der Waals surface area contributed by atoms with Crippen LogP contribution in [0, 0.1) is 5.92 Å². The number of para-hydroxylation sites is 1. The standard InChI is InChI=1S/C19H21N3O2/c23-19(16-13-15-3-1-2-4-18(15)24-14-16)22-11-9-21(10-12-22)17-5-7-20-8-6-17/h1-8,16H,9-14H2/t16-/m0/s1. The fraction of sp³-hybridized carbons (Fsp3) is 0.368. The lowest BCUT2D eigenvalue weighted by molar-refractivity contribution is -0.137. The van der Waals surface area contributed by atoms with Gasteiger partial charge in [-0.1, -0.05) is 18.2 Å². The van der Waals surface area contributed by atoms with E-state index in [0.717, 1.165) is 43.9 Å². The van der Waals surface area contributed by atoms with Crippen molar-refractivity contribution in [1.82, 2.24) is 9.88 Å². The first-order valence-corrected chi connectivity index (χ1v) is 8.46. The Labute approximate surface area is 141 Å². The summed E-state index contributed by atoms with van der Waals surface area (Å²) < 4.78 is 5.77. The van der Waals surface area contributed by atoms with Gasteiger partial charge in [-0.25, -0.2) is 0 Å². The van der Waals surface area contributed by atoms with E-state index in [-0.39, 0.29) is 11.8 Å². The van der Waals surface area contributed by atoms with Crippen molar-refractivity contribution < 1.29 is 9.53 Å². The van der Waals surface area contributed by atoms with E-state index in [2.05, 4.69) is 16.0 Å². The van der Waals surface area contributed by atoms with E-state index >= 15 is 0 Å². The zero-order valence-corrected chi connectivity index (χ0v) is 13.6. The van der Waals surface area contributed by atoms with E-state index in [1.807, 2.05) is 47.6 Å². The van der Waals surface area contributed by atoms with Gasteiger partial charge in [-0.3, -0.25) is 9.78 Å². The van der Waals surface area contributed by atoms with Crippen molar-refractivity contribution in [3.05, 3.63) is 54.4 Å². The summed E-state index contributed by atoms with van der Waals surface area (Å²) in [5, 5.41) is 0. The van der Waals surface area contributed by atoms with Crippen molar-refractivity contribution in [2.75, 3.05) is 37.7 Å². The Bertz CT molecular complexity index is 712. The van der Waals surface area contributed by atoms with Crippen LogP contribution in [0.5, 0.6) is 5.75 Å². The molecule has 0 N–H and O–H groups in total. The first-order chi connectivity index (χ1) is 11.8. The number of amides is 1. The van der Waals surface area contributed by atoms with Gasteiger partial charge in [0.1, 0.15) is 12.4 Å². The van der Waals surface area contributed by atoms with Gasteiger partial charge in [0.15, 0.2) is 0 Å². The summed E-state index contributed by atoms with van der Waals surface area (Å²) in [6.45, 7) is 3.73. The second-order valence-electron chi connectivity index (χ2n) is 6.34. The van der Waals surface area contributed by atoms with Crippen molar-refractivity contribution in [2.24, 2.45) is 5.92 Å². The highest BCUT2D eigenvalue weighted by molar-refractivity contribution is 5.80. The molecule has 1 saturated heterocycles. The zero-order chi connectivity index (χ0) is 16.4. The van der Waals surface area contributed by atoms with Crippen LogP contribution in [0.2, 0.25) is 0 Å². The van der Waals surface area contributed by atoms with Crippen LogP contribution in [0.3, 0.4) is 0 Å². The highest BCUT2D eigenvalue weighted by Crippen LogP contribution is 2.28. The molecule has 5 heteroatoms. The van der Waals surface area contributed by atoms with Gasteiger partial charge >= 0.3 is 0 Å². The molecule has 0 aliphatic carbocycles. The fourth-order valence-corrected chi connectivity index (χ4v) is 3.48. The molecule has 2 aromatic rings. The molecule has 0 unspecified atom stereocenters. The van der Waals surface area contributed by atoms with Crippen LogP contribution in [0.25, 0.3) is 0 Å². The van der Waals surface area contributed by atoms with Crippen molar-refractivity contribution in [3.8, 4) is 5.75 Å². The number of rotatable bonds is 2. The molecule has 24 heavy (non-hydrogen) atoms. The quantitative estimate of drug-likeness (QED) is 0.848. The molecule has 4 rings (SSSR count). The van der Waals surface area contributed by atoms with Gasteiger partial charge in [0.2, 0.25) is 5.91 Å².